The smallest absolute Gasteiger partial charge is 0.167 e. The van der Waals surface area contributed by atoms with E-state index in [-0.39, 0.29) is 0 Å². The normalized spacial score (nSPS) is 13.0. The van der Waals surface area contributed by atoms with Gasteiger partial charge in [0.15, 0.2) is 5.65 Å². The van der Waals surface area contributed by atoms with Crippen LogP contribution in [0, 0.1) is 6.92 Å². The topological polar surface area (TPSA) is 39.9 Å². The summed E-state index contributed by atoms with van der Waals surface area (Å²) in [5, 5.41) is 5.91. The molecule has 2 aromatic heterocycles. The molecule has 0 saturated carbocycles. The van der Waals surface area contributed by atoms with Gasteiger partial charge in [-0.05, 0) is 19.1 Å². The molecular weight excluding hydrogens is 310 g/mol. The zero-order valence-electron chi connectivity index (χ0n) is 13.9. The largest absolute Gasteiger partial charge is 0.492 e. The fourth-order valence-corrected chi connectivity index (χ4v) is 3.36. The van der Waals surface area contributed by atoms with Gasteiger partial charge in [-0.2, -0.15) is 5.10 Å². The van der Waals surface area contributed by atoms with E-state index in [1.165, 1.54) is 5.56 Å². The molecule has 4 heteroatoms. The van der Waals surface area contributed by atoms with Crippen LogP contribution in [-0.4, -0.2) is 21.4 Å². The summed E-state index contributed by atoms with van der Waals surface area (Å²) in [4.78, 5) is 4.71. The summed E-state index contributed by atoms with van der Waals surface area (Å²) in [7, 11) is 0. The summed E-state index contributed by atoms with van der Waals surface area (Å²) >= 11 is 0. The molecule has 0 N–H and O–H groups in total. The Bertz CT molecular complexity index is 1070. The van der Waals surface area contributed by atoms with E-state index < -0.39 is 0 Å². The van der Waals surface area contributed by atoms with Gasteiger partial charge in [0.05, 0.1) is 17.7 Å². The minimum Gasteiger partial charge on any atom is -0.492 e. The quantitative estimate of drug-likeness (QED) is 0.550. The van der Waals surface area contributed by atoms with Gasteiger partial charge in [-0.15, -0.1) is 0 Å². The van der Waals surface area contributed by atoms with Crippen LogP contribution in [0.3, 0.4) is 0 Å². The summed E-state index contributed by atoms with van der Waals surface area (Å²) in [6.07, 6.45) is 2.83. The Morgan fingerprint density at radius 2 is 1.80 bits per heavy atom. The second kappa shape index (κ2) is 5.45. The lowest BCUT2D eigenvalue weighted by atomic mass is 10.1. The van der Waals surface area contributed by atoms with Crippen molar-refractivity contribution >= 4 is 11.0 Å². The second-order valence-corrected chi connectivity index (χ2v) is 6.37. The predicted molar refractivity (Wildman–Crippen MR) is 98.2 cm³/mol. The van der Waals surface area contributed by atoms with Crippen molar-refractivity contribution in [3.8, 4) is 22.7 Å². The molecule has 0 spiro atoms. The Morgan fingerprint density at radius 3 is 2.60 bits per heavy atom. The van der Waals surface area contributed by atoms with Gasteiger partial charge in [0.25, 0.3) is 0 Å². The predicted octanol–water partition coefficient (Wildman–Crippen LogP) is 4.33. The Hall–Kier alpha value is -3.14. The number of benzene rings is 2. The van der Waals surface area contributed by atoms with Gasteiger partial charge in [-0.25, -0.2) is 9.67 Å². The maximum absolute atomic E-state index is 5.95. The molecule has 4 aromatic rings. The first-order valence-corrected chi connectivity index (χ1v) is 8.47. The highest BCUT2D eigenvalue weighted by Gasteiger charge is 2.24. The summed E-state index contributed by atoms with van der Waals surface area (Å²) in [6, 6.07) is 18.6. The Balaban J connectivity index is 1.84. The fourth-order valence-electron chi connectivity index (χ4n) is 3.36. The SMILES string of the molecule is Cc1ccc(-c2nn(-c3ccccc3)c3ncc4c(c23)OCC4)cc1. The monoisotopic (exact) mass is 327 g/mol. The maximum Gasteiger partial charge on any atom is 0.167 e. The van der Waals surface area contributed by atoms with Crippen LogP contribution in [0.1, 0.15) is 11.1 Å². The van der Waals surface area contributed by atoms with E-state index in [2.05, 4.69) is 31.2 Å². The molecule has 5 rings (SSSR count). The summed E-state index contributed by atoms with van der Waals surface area (Å²) < 4.78 is 7.86. The number of aromatic nitrogens is 3. The number of pyridine rings is 1. The van der Waals surface area contributed by atoms with Crippen LogP contribution < -0.4 is 4.74 Å². The highest BCUT2D eigenvalue weighted by Crippen LogP contribution is 2.39. The molecule has 0 amide bonds. The number of fused-ring (bicyclic) bond motifs is 3. The van der Waals surface area contributed by atoms with Gasteiger partial charge in [0.2, 0.25) is 0 Å². The lowest BCUT2D eigenvalue weighted by molar-refractivity contribution is 0.360. The van der Waals surface area contributed by atoms with Crippen molar-refractivity contribution < 1.29 is 4.74 Å². The molecule has 2 aromatic carbocycles. The van der Waals surface area contributed by atoms with Crippen molar-refractivity contribution in [2.45, 2.75) is 13.3 Å². The highest BCUT2D eigenvalue weighted by molar-refractivity contribution is 5.97. The lowest BCUT2D eigenvalue weighted by Crippen LogP contribution is -1.97. The molecule has 0 saturated heterocycles. The van der Waals surface area contributed by atoms with Gasteiger partial charge in [-0.3, -0.25) is 0 Å². The van der Waals surface area contributed by atoms with Crippen molar-refractivity contribution in [2.75, 3.05) is 6.61 Å². The molecule has 1 aliphatic rings. The van der Waals surface area contributed by atoms with Crippen LogP contribution in [0.15, 0.2) is 60.8 Å². The lowest BCUT2D eigenvalue weighted by Gasteiger charge is -2.04. The van der Waals surface area contributed by atoms with Crippen LogP contribution in [0.4, 0.5) is 0 Å². The molecule has 0 radical (unpaired) electrons. The molecule has 0 aliphatic carbocycles. The van der Waals surface area contributed by atoms with Crippen LogP contribution in [-0.2, 0) is 6.42 Å². The van der Waals surface area contributed by atoms with Gasteiger partial charge in [-0.1, -0.05) is 48.0 Å². The van der Waals surface area contributed by atoms with Crippen molar-refractivity contribution in [1.29, 1.82) is 0 Å². The van der Waals surface area contributed by atoms with Crippen molar-refractivity contribution in [3.05, 3.63) is 71.9 Å². The van der Waals surface area contributed by atoms with E-state index in [1.807, 2.05) is 41.2 Å². The standard InChI is InChI=1S/C21H17N3O/c1-14-7-9-15(10-8-14)19-18-20-16(11-12-25-20)13-22-21(18)24(23-19)17-5-3-2-4-6-17/h2-10,13H,11-12H2,1H3. The summed E-state index contributed by atoms with van der Waals surface area (Å²) in [5.74, 6) is 0.933. The Labute approximate surface area is 145 Å². The van der Waals surface area contributed by atoms with Gasteiger partial charge in [0, 0.05) is 23.7 Å². The molecular formula is C21H17N3O. The van der Waals surface area contributed by atoms with Crippen molar-refractivity contribution in [1.82, 2.24) is 14.8 Å². The number of ether oxygens (including phenoxy) is 1. The van der Waals surface area contributed by atoms with Gasteiger partial charge >= 0.3 is 0 Å². The number of aryl methyl sites for hydroxylation is 1. The molecule has 4 nitrogen and oxygen atoms in total. The number of para-hydroxylation sites is 1. The molecule has 3 heterocycles. The van der Waals surface area contributed by atoms with Crippen molar-refractivity contribution in [3.63, 3.8) is 0 Å². The first-order valence-electron chi connectivity index (χ1n) is 8.47. The van der Waals surface area contributed by atoms with Crippen LogP contribution in [0.5, 0.6) is 5.75 Å². The molecule has 0 bridgehead atoms. The van der Waals surface area contributed by atoms with Gasteiger partial charge < -0.3 is 4.74 Å². The molecule has 0 unspecified atom stereocenters. The molecule has 0 fully saturated rings. The zero-order chi connectivity index (χ0) is 16.8. The fraction of sp³-hybridized carbons (Fsp3) is 0.143. The molecule has 1 aliphatic heterocycles. The number of rotatable bonds is 2. The summed E-state index contributed by atoms with van der Waals surface area (Å²) in [6.45, 7) is 2.80. The third-order valence-electron chi connectivity index (χ3n) is 4.67. The number of hydrogen-bond acceptors (Lipinski definition) is 3. The minimum atomic E-state index is 0.708. The first-order chi connectivity index (χ1) is 12.3. The maximum atomic E-state index is 5.95. The molecule has 25 heavy (non-hydrogen) atoms. The Kier molecular flexibility index (Phi) is 3.10. The average molecular weight is 327 g/mol. The van der Waals surface area contributed by atoms with E-state index >= 15 is 0 Å². The van der Waals surface area contributed by atoms with Crippen LogP contribution in [0.2, 0.25) is 0 Å². The number of hydrogen-bond donors (Lipinski definition) is 0. The van der Waals surface area contributed by atoms with Crippen molar-refractivity contribution in [2.24, 2.45) is 0 Å². The third kappa shape index (κ3) is 2.22. The van der Waals surface area contributed by atoms with E-state index in [9.17, 15) is 0 Å². The van der Waals surface area contributed by atoms with Crippen LogP contribution in [0.25, 0.3) is 28.0 Å². The summed E-state index contributed by atoms with van der Waals surface area (Å²) in [5.41, 5.74) is 6.23. The van der Waals surface area contributed by atoms with E-state index in [1.54, 1.807) is 0 Å². The van der Waals surface area contributed by atoms with Crippen LogP contribution >= 0.6 is 0 Å². The third-order valence-corrected chi connectivity index (χ3v) is 4.67. The van der Waals surface area contributed by atoms with Gasteiger partial charge in [0.1, 0.15) is 11.4 Å². The minimum absolute atomic E-state index is 0.708. The van der Waals surface area contributed by atoms with E-state index in [0.717, 1.165) is 45.7 Å². The molecule has 122 valence electrons. The average Bonchev–Trinajstić information content (AvgIpc) is 3.27. The number of nitrogens with zero attached hydrogens (tertiary/aromatic N) is 3. The first kappa shape index (κ1) is 14.2. The second-order valence-electron chi connectivity index (χ2n) is 6.37. The Morgan fingerprint density at radius 1 is 1.00 bits per heavy atom. The van der Waals surface area contributed by atoms with E-state index in [4.69, 9.17) is 14.8 Å². The zero-order valence-corrected chi connectivity index (χ0v) is 13.9. The van der Waals surface area contributed by atoms with E-state index in [0.29, 0.717) is 6.61 Å². The highest BCUT2D eigenvalue weighted by atomic mass is 16.5. The molecule has 0 atom stereocenters.